The number of aromatic hydroxyl groups is 1. The van der Waals surface area contributed by atoms with E-state index in [1.165, 1.54) is 12.1 Å². The van der Waals surface area contributed by atoms with Gasteiger partial charge < -0.3 is 10.4 Å². The number of piperidine rings is 1. The molecule has 1 aromatic rings. The predicted molar refractivity (Wildman–Crippen MR) is 60.4 cm³/mol. The van der Waals surface area contributed by atoms with Crippen molar-refractivity contribution in [2.24, 2.45) is 0 Å². The van der Waals surface area contributed by atoms with E-state index in [-0.39, 0.29) is 17.6 Å². The van der Waals surface area contributed by atoms with Gasteiger partial charge in [-0.1, -0.05) is 6.42 Å². The van der Waals surface area contributed by atoms with E-state index in [1.54, 1.807) is 0 Å². The molecule has 1 atom stereocenters. The molecule has 1 aliphatic rings. The van der Waals surface area contributed by atoms with E-state index in [4.69, 9.17) is 0 Å². The quantitative estimate of drug-likeness (QED) is 0.824. The Morgan fingerprint density at radius 2 is 2.20 bits per heavy atom. The van der Waals surface area contributed by atoms with E-state index in [2.05, 4.69) is 21.2 Å². The molecule has 1 aliphatic heterocycles. The van der Waals surface area contributed by atoms with Gasteiger partial charge in [0.25, 0.3) is 0 Å². The van der Waals surface area contributed by atoms with Crippen LogP contribution in [0.15, 0.2) is 16.6 Å². The van der Waals surface area contributed by atoms with Crippen LogP contribution in [0.5, 0.6) is 5.75 Å². The van der Waals surface area contributed by atoms with Crippen LogP contribution in [0.2, 0.25) is 0 Å². The summed E-state index contributed by atoms with van der Waals surface area (Å²) in [6, 6.07) is 2.69. The second-order valence-electron chi connectivity index (χ2n) is 3.80. The number of benzene rings is 1. The SMILES string of the molecule is Oc1ccc(F)c(C2CCCCN2)c1Br. The Morgan fingerprint density at radius 3 is 2.87 bits per heavy atom. The van der Waals surface area contributed by atoms with Crippen LogP contribution in [-0.2, 0) is 0 Å². The van der Waals surface area contributed by atoms with E-state index >= 15 is 0 Å². The van der Waals surface area contributed by atoms with Crippen molar-refractivity contribution in [3.63, 3.8) is 0 Å². The minimum absolute atomic E-state index is 0.0141. The molecule has 0 aromatic heterocycles. The summed E-state index contributed by atoms with van der Waals surface area (Å²) < 4.78 is 14.1. The average molecular weight is 274 g/mol. The molecular formula is C11H13BrFNO. The topological polar surface area (TPSA) is 32.3 Å². The first-order valence-electron chi connectivity index (χ1n) is 5.10. The highest BCUT2D eigenvalue weighted by Crippen LogP contribution is 2.36. The Labute approximate surface area is 96.6 Å². The molecule has 0 amide bonds. The summed E-state index contributed by atoms with van der Waals surface area (Å²) in [5.41, 5.74) is 0.551. The molecule has 0 radical (unpaired) electrons. The van der Waals surface area contributed by atoms with Gasteiger partial charge in [0.15, 0.2) is 0 Å². The highest BCUT2D eigenvalue weighted by atomic mass is 79.9. The van der Waals surface area contributed by atoms with Gasteiger partial charge in [0.05, 0.1) is 4.47 Å². The van der Waals surface area contributed by atoms with Gasteiger partial charge in [0, 0.05) is 11.6 Å². The first-order valence-corrected chi connectivity index (χ1v) is 5.89. The molecule has 1 aromatic carbocycles. The molecule has 4 heteroatoms. The zero-order valence-electron chi connectivity index (χ0n) is 8.26. The van der Waals surface area contributed by atoms with Gasteiger partial charge in [-0.15, -0.1) is 0 Å². The lowest BCUT2D eigenvalue weighted by molar-refractivity contribution is 0.394. The molecule has 2 rings (SSSR count). The molecule has 0 spiro atoms. The van der Waals surface area contributed by atoms with Crippen LogP contribution < -0.4 is 5.32 Å². The molecule has 2 N–H and O–H groups in total. The van der Waals surface area contributed by atoms with Crippen LogP contribution in [0.25, 0.3) is 0 Å². The maximum atomic E-state index is 13.6. The number of hydrogen-bond donors (Lipinski definition) is 2. The largest absolute Gasteiger partial charge is 0.507 e. The Kier molecular flexibility index (Phi) is 3.26. The van der Waals surface area contributed by atoms with Crippen molar-refractivity contribution in [1.82, 2.24) is 5.32 Å². The van der Waals surface area contributed by atoms with E-state index in [0.717, 1.165) is 25.8 Å². The summed E-state index contributed by atoms with van der Waals surface area (Å²) in [7, 11) is 0. The Morgan fingerprint density at radius 1 is 1.40 bits per heavy atom. The number of phenols is 1. The highest BCUT2D eigenvalue weighted by Gasteiger charge is 2.22. The van der Waals surface area contributed by atoms with Gasteiger partial charge in [0.1, 0.15) is 11.6 Å². The van der Waals surface area contributed by atoms with Crippen LogP contribution >= 0.6 is 15.9 Å². The van der Waals surface area contributed by atoms with Crippen LogP contribution in [0, 0.1) is 5.82 Å². The van der Waals surface area contributed by atoms with Crippen molar-refractivity contribution in [2.45, 2.75) is 25.3 Å². The molecule has 1 fully saturated rings. The average Bonchev–Trinajstić information content (AvgIpc) is 2.26. The first kappa shape index (κ1) is 10.9. The normalized spacial score (nSPS) is 21.6. The number of nitrogens with one attached hydrogen (secondary N) is 1. The number of halogens is 2. The van der Waals surface area contributed by atoms with Gasteiger partial charge in [-0.3, -0.25) is 0 Å². The zero-order chi connectivity index (χ0) is 10.8. The molecule has 1 saturated heterocycles. The van der Waals surface area contributed by atoms with Crippen molar-refractivity contribution in [1.29, 1.82) is 0 Å². The van der Waals surface area contributed by atoms with Crippen molar-refractivity contribution in [2.75, 3.05) is 6.54 Å². The van der Waals surface area contributed by atoms with Gasteiger partial charge in [-0.25, -0.2) is 4.39 Å². The molecule has 0 aliphatic carbocycles. The second kappa shape index (κ2) is 4.49. The van der Waals surface area contributed by atoms with E-state index in [1.807, 2.05) is 0 Å². The van der Waals surface area contributed by atoms with Crippen LogP contribution in [0.1, 0.15) is 30.9 Å². The summed E-state index contributed by atoms with van der Waals surface area (Å²) in [5.74, 6) is -0.169. The summed E-state index contributed by atoms with van der Waals surface area (Å²) >= 11 is 3.24. The molecule has 1 unspecified atom stereocenters. The molecular weight excluding hydrogens is 261 g/mol. The van der Waals surface area contributed by atoms with Gasteiger partial charge >= 0.3 is 0 Å². The fourth-order valence-electron chi connectivity index (χ4n) is 1.98. The Bertz CT molecular complexity index is 364. The van der Waals surface area contributed by atoms with Gasteiger partial charge in [-0.05, 0) is 47.4 Å². The van der Waals surface area contributed by atoms with Crippen molar-refractivity contribution < 1.29 is 9.50 Å². The molecule has 0 saturated carbocycles. The first-order chi connectivity index (χ1) is 7.20. The van der Waals surface area contributed by atoms with Crippen LogP contribution in [-0.4, -0.2) is 11.7 Å². The van der Waals surface area contributed by atoms with Gasteiger partial charge in [0.2, 0.25) is 0 Å². The molecule has 82 valence electrons. The molecule has 0 bridgehead atoms. The highest BCUT2D eigenvalue weighted by molar-refractivity contribution is 9.10. The summed E-state index contributed by atoms with van der Waals surface area (Å²) in [4.78, 5) is 0. The predicted octanol–water partition coefficient (Wildman–Crippen LogP) is 3.11. The fourth-order valence-corrected chi connectivity index (χ4v) is 2.57. The zero-order valence-corrected chi connectivity index (χ0v) is 9.85. The molecule has 1 heterocycles. The minimum atomic E-state index is -0.265. The van der Waals surface area contributed by atoms with E-state index < -0.39 is 0 Å². The van der Waals surface area contributed by atoms with Crippen LogP contribution in [0.4, 0.5) is 4.39 Å². The van der Waals surface area contributed by atoms with Crippen molar-refractivity contribution >= 4 is 15.9 Å². The fraction of sp³-hybridized carbons (Fsp3) is 0.455. The minimum Gasteiger partial charge on any atom is -0.507 e. The maximum Gasteiger partial charge on any atom is 0.130 e. The smallest absolute Gasteiger partial charge is 0.130 e. The van der Waals surface area contributed by atoms with E-state index in [9.17, 15) is 9.50 Å². The maximum absolute atomic E-state index is 13.6. The lowest BCUT2D eigenvalue weighted by atomic mass is 9.97. The third-order valence-corrected chi connectivity index (χ3v) is 3.60. The Balaban J connectivity index is 2.36. The van der Waals surface area contributed by atoms with Crippen molar-refractivity contribution in [3.05, 3.63) is 28.0 Å². The number of rotatable bonds is 1. The number of phenolic OH excluding ortho intramolecular Hbond substituents is 1. The standard InChI is InChI=1S/C11H13BrFNO/c12-11-9(15)5-4-7(13)10(11)8-3-1-2-6-14-8/h4-5,8,14-15H,1-3,6H2. The summed E-state index contributed by atoms with van der Waals surface area (Å²) in [6.07, 6.45) is 3.15. The lowest BCUT2D eigenvalue weighted by Crippen LogP contribution is -2.27. The second-order valence-corrected chi connectivity index (χ2v) is 4.59. The van der Waals surface area contributed by atoms with E-state index in [0.29, 0.717) is 10.0 Å². The summed E-state index contributed by atoms with van der Waals surface area (Å²) in [5, 5.41) is 12.8. The van der Waals surface area contributed by atoms with Gasteiger partial charge in [-0.2, -0.15) is 0 Å². The molecule has 2 nitrogen and oxygen atoms in total. The lowest BCUT2D eigenvalue weighted by Gasteiger charge is -2.25. The van der Waals surface area contributed by atoms with Crippen molar-refractivity contribution in [3.8, 4) is 5.75 Å². The number of hydrogen-bond acceptors (Lipinski definition) is 2. The monoisotopic (exact) mass is 273 g/mol. The molecule has 15 heavy (non-hydrogen) atoms. The third-order valence-electron chi connectivity index (χ3n) is 2.76. The Hall–Kier alpha value is -0.610. The third kappa shape index (κ3) is 2.16. The van der Waals surface area contributed by atoms with Crippen LogP contribution in [0.3, 0.4) is 0 Å². The summed E-state index contributed by atoms with van der Waals surface area (Å²) in [6.45, 7) is 0.909.